The lowest BCUT2D eigenvalue weighted by Gasteiger charge is -2.17. The van der Waals surface area contributed by atoms with Crippen molar-refractivity contribution in [2.24, 2.45) is 0 Å². The molecule has 0 aromatic heterocycles. The first-order valence-corrected chi connectivity index (χ1v) is 12.6. The van der Waals surface area contributed by atoms with Gasteiger partial charge in [0.15, 0.2) is 9.84 Å². The quantitative estimate of drug-likeness (QED) is 0.339. The van der Waals surface area contributed by atoms with Crippen LogP contribution in [-0.4, -0.2) is 30.6 Å². The molecular weight excluding hydrogens is 518 g/mol. The average molecular weight is 539 g/mol. The lowest BCUT2D eigenvalue weighted by Crippen LogP contribution is -2.34. The van der Waals surface area contributed by atoms with Gasteiger partial charge in [0.2, 0.25) is 5.91 Å². The van der Waals surface area contributed by atoms with Gasteiger partial charge < -0.3 is 15.7 Å². The van der Waals surface area contributed by atoms with E-state index in [0.29, 0.717) is 0 Å². The van der Waals surface area contributed by atoms with Gasteiger partial charge in [0.1, 0.15) is 16.8 Å². The van der Waals surface area contributed by atoms with E-state index in [2.05, 4.69) is 10.6 Å². The Kier molecular flexibility index (Phi) is 8.04. The standard InChI is InChI=1S/C24H21Cl2FN2O5S/c1-3-22(35(33,34)15-7-4-13(2)5-8-15)24(32)28-19-12-21(30)20(11-17(19)26)29-23(31)14-6-9-18(27)16(25)10-14/h4-12,22,30H,3H2,1-2H3,(H,28,32)(H,29,31). The SMILES string of the molecule is CCC(C(=O)Nc1cc(O)c(NC(=O)c2ccc(F)c(Cl)c2)cc1Cl)S(=O)(=O)c1ccc(C)cc1. The molecular formula is C24H21Cl2FN2O5S. The summed E-state index contributed by atoms with van der Waals surface area (Å²) in [6.07, 6.45) is 0.0000146. The van der Waals surface area contributed by atoms with E-state index in [1.54, 1.807) is 19.1 Å². The fourth-order valence-corrected chi connectivity index (χ4v) is 5.26. The number of carbonyl (C=O) groups is 2. The number of rotatable bonds is 7. The monoisotopic (exact) mass is 538 g/mol. The Bertz CT molecular complexity index is 1400. The third-order valence-corrected chi connectivity index (χ3v) is 7.99. The molecule has 0 radical (unpaired) electrons. The number of nitrogens with one attached hydrogen (secondary N) is 2. The van der Waals surface area contributed by atoms with Gasteiger partial charge >= 0.3 is 0 Å². The number of hydrogen-bond acceptors (Lipinski definition) is 5. The molecule has 0 saturated carbocycles. The molecule has 2 amide bonds. The first-order valence-electron chi connectivity index (χ1n) is 10.3. The van der Waals surface area contributed by atoms with E-state index in [4.69, 9.17) is 23.2 Å². The van der Waals surface area contributed by atoms with Crippen molar-refractivity contribution in [3.8, 4) is 5.75 Å². The molecule has 0 aliphatic heterocycles. The van der Waals surface area contributed by atoms with Crippen LogP contribution in [-0.2, 0) is 14.6 Å². The normalized spacial score (nSPS) is 12.1. The van der Waals surface area contributed by atoms with Gasteiger partial charge in [-0.25, -0.2) is 12.8 Å². The maximum absolute atomic E-state index is 13.3. The molecule has 0 fully saturated rings. The highest BCUT2D eigenvalue weighted by molar-refractivity contribution is 7.92. The van der Waals surface area contributed by atoms with Crippen molar-refractivity contribution in [3.05, 3.63) is 81.6 Å². The molecule has 0 bridgehead atoms. The number of halogens is 3. The minimum absolute atomic E-state index is 0.0000146. The Balaban J connectivity index is 1.80. The summed E-state index contributed by atoms with van der Waals surface area (Å²) < 4.78 is 39.3. The van der Waals surface area contributed by atoms with E-state index in [1.807, 2.05) is 6.92 Å². The van der Waals surface area contributed by atoms with Gasteiger partial charge in [-0.15, -0.1) is 0 Å². The van der Waals surface area contributed by atoms with E-state index >= 15 is 0 Å². The summed E-state index contributed by atoms with van der Waals surface area (Å²) >= 11 is 11.9. The van der Waals surface area contributed by atoms with Gasteiger partial charge in [0, 0.05) is 11.6 Å². The van der Waals surface area contributed by atoms with Crippen molar-refractivity contribution >= 4 is 56.2 Å². The average Bonchev–Trinajstić information content (AvgIpc) is 2.79. The Hall–Kier alpha value is -3.14. The summed E-state index contributed by atoms with van der Waals surface area (Å²) in [6, 6.07) is 11.8. The topological polar surface area (TPSA) is 113 Å². The number of aryl methyl sites for hydroxylation is 1. The van der Waals surface area contributed by atoms with E-state index in [0.717, 1.165) is 23.8 Å². The van der Waals surface area contributed by atoms with Crippen molar-refractivity contribution < 1.29 is 27.5 Å². The maximum Gasteiger partial charge on any atom is 0.255 e. The van der Waals surface area contributed by atoms with Crippen LogP contribution in [0.5, 0.6) is 5.75 Å². The molecule has 7 nitrogen and oxygen atoms in total. The van der Waals surface area contributed by atoms with E-state index < -0.39 is 38.5 Å². The molecule has 0 aliphatic rings. The first kappa shape index (κ1) is 26.5. The van der Waals surface area contributed by atoms with Crippen LogP contribution in [0.15, 0.2) is 59.5 Å². The van der Waals surface area contributed by atoms with Crippen LogP contribution in [0, 0.1) is 12.7 Å². The Morgan fingerprint density at radius 1 is 0.971 bits per heavy atom. The molecule has 1 unspecified atom stereocenters. The van der Waals surface area contributed by atoms with E-state index in [1.165, 1.54) is 24.3 Å². The summed E-state index contributed by atoms with van der Waals surface area (Å²) in [7, 11) is -3.98. The largest absolute Gasteiger partial charge is 0.506 e. The summed E-state index contributed by atoms with van der Waals surface area (Å²) in [5.74, 6) is -2.65. The molecule has 0 spiro atoms. The van der Waals surface area contributed by atoms with Gasteiger partial charge in [-0.1, -0.05) is 47.8 Å². The molecule has 0 aliphatic carbocycles. The van der Waals surface area contributed by atoms with Crippen molar-refractivity contribution in [2.75, 3.05) is 10.6 Å². The number of phenols is 1. The summed E-state index contributed by atoms with van der Waals surface area (Å²) in [5, 5.41) is 13.5. The lowest BCUT2D eigenvalue weighted by atomic mass is 10.2. The van der Waals surface area contributed by atoms with Gasteiger partial charge in [-0.05, 0) is 49.7 Å². The molecule has 3 aromatic rings. The van der Waals surface area contributed by atoms with E-state index in [-0.39, 0.29) is 38.3 Å². The Morgan fingerprint density at radius 3 is 2.23 bits per heavy atom. The van der Waals surface area contributed by atoms with Gasteiger partial charge in [0.05, 0.1) is 26.3 Å². The fourth-order valence-electron chi connectivity index (χ4n) is 3.24. The zero-order chi connectivity index (χ0) is 25.9. The van der Waals surface area contributed by atoms with E-state index in [9.17, 15) is 27.5 Å². The predicted octanol–water partition coefficient (Wildman–Crippen LogP) is 5.59. The second kappa shape index (κ2) is 10.6. The molecule has 35 heavy (non-hydrogen) atoms. The van der Waals surface area contributed by atoms with Crippen LogP contribution in [0.2, 0.25) is 10.0 Å². The number of sulfone groups is 1. The van der Waals surface area contributed by atoms with Crippen LogP contribution >= 0.6 is 23.2 Å². The van der Waals surface area contributed by atoms with Crippen molar-refractivity contribution in [1.29, 1.82) is 0 Å². The van der Waals surface area contributed by atoms with Crippen LogP contribution in [0.3, 0.4) is 0 Å². The van der Waals surface area contributed by atoms with Crippen LogP contribution < -0.4 is 10.6 Å². The number of aromatic hydroxyl groups is 1. The Labute approximate surface area is 211 Å². The molecule has 3 aromatic carbocycles. The lowest BCUT2D eigenvalue weighted by molar-refractivity contribution is -0.115. The van der Waals surface area contributed by atoms with Crippen molar-refractivity contribution in [2.45, 2.75) is 30.4 Å². The number of anilines is 2. The minimum Gasteiger partial charge on any atom is -0.506 e. The molecule has 0 heterocycles. The third kappa shape index (κ3) is 5.93. The fraction of sp³-hybridized carbons (Fsp3) is 0.167. The number of hydrogen-bond donors (Lipinski definition) is 3. The smallest absolute Gasteiger partial charge is 0.255 e. The maximum atomic E-state index is 13.3. The summed E-state index contributed by atoms with van der Waals surface area (Å²) in [6.45, 7) is 3.38. The van der Waals surface area contributed by atoms with Crippen molar-refractivity contribution in [1.82, 2.24) is 0 Å². The highest BCUT2D eigenvalue weighted by atomic mass is 35.5. The summed E-state index contributed by atoms with van der Waals surface area (Å²) in [5.41, 5.74) is 0.780. The molecule has 0 saturated heterocycles. The Morgan fingerprint density at radius 2 is 1.63 bits per heavy atom. The van der Waals surface area contributed by atoms with Crippen LogP contribution in [0.25, 0.3) is 0 Å². The zero-order valence-electron chi connectivity index (χ0n) is 18.6. The highest BCUT2D eigenvalue weighted by Gasteiger charge is 2.33. The van der Waals surface area contributed by atoms with Crippen LogP contribution in [0.1, 0.15) is 29.3 Å². The van der Waals surface area contributed by atoms with Crippen LogP contribution in [0.4, 0.5) is 15.8 Å². The van der Waals surface area contributed by atoms with Gasteiger partial charge in [0.25, 0.3) is 5.91 Å². The number of benzene rings is 3. The molecule has 3 rings (SSSR count). The number of carbonyl (C=O) groups excluding carboxylic acids is 2. The zero-order valence-corrected chi connectivity index (χ0v) is 20.9. The first-order chi connectivity index (χ1) is 16.4. The second-order valence-electron chi connectivity index (χ2n) is 7.68. The number of amides is 2. The minimum atomic E-state index is -3.98. The molecule has 184 valence electrons. The predicted molar refractivity (Wildman–Crippen MR) is 134 cm³/mol. The molecule has 11 heteroatoms. The number of phenolic OH excluding ortho intramolecular Hbond substituents is 1. The molecule has 3 N–H and O–H groups in total. The van der Waals surface area contributed by atoms with Gasteiger partial charge in [-0.3, -0.25) is 9.59 Å². The molecule has 1 atom stereocenters. The summed E-state index contributed by atoms with van der Waals surface area (Å²) in [4.78, 5) is 25.3. The third-order valence-electron chi connectivity index (χ3n) is 5.16. The van der Waals surface area contributed by atoms with Gasteiger partial charge in [-0.2, -0.15) is 0 Å². The van der Waals surface area contributed by atoms with Crippen molar-refractivity contribution in [3.63, 3.8) is 0 Å². The highest BCUT2D eigenvalue weighted by Crippen LogP contribution is 2.35. The second-order valence-corrected chi connectivity index (χ2v) is 10.6.